The van der Waals surface area contributed by atoms with Crippen LogP contribution in [-0.4, -0.2) is 22.5 Å². The summed E-state index contributed by atoms with van der Waals surface area (Å²) in [4.78, 5) is 35.2. The van der Waals surface area contributed by atoms with E-state index in [0.717, 1.165) is 10.9 Å². The molecule has 0 atom stereocenters. The molecule has 25 heavy (non-hydrogen) atoms. The van der Waals surface area contributed by atoms with Gasteiger partial charge in [-0.2, -0.15) is 0 Å². The Labute approximate surface area is 144 Å². The van der Waals surface area contributed by atoms with Gasteiger partial charge >= 0.3 is 0 Å². The number of nitrogens with zero attached hydrogens (tertiary/aromatic N) is 1. The molecule has 0 aliphatic rings. The van der Waals surface area contributed by atoms with Crippen LogP contribution in [0.25, 0.3) is 17.0 Å². The highest BCUT2D eigenvalue weighted by atomic mass is 16.2. The Morgan fingerprint density at radius 3 is 2.36 bits per heavy atom. The number of hydrogen-bond donors (Lipinski definition) is 1. The van der Waals surface area contributed by atoms with Crippen molar-refractivity contribution in [3.8, 4) is 0 Å². The monoisotopic (exact) mass is 332 g/mol. The maximum Gasteiger partial charge on any atom is 0.255 e. The Morgan fingerprint density at radius 1 is 1.00 bits per heavy atom. The van der Waals surface area contributed by atoms with Gasteiger partial charge in [0.2, 0.25) is 5.78 Å². The van der Waals surface area contributed by atoms with E-state index in [2.05, 4.69) is 5.32 Å². The molecule has 3 aromatic rings. The molecule has 0 saturated heterocycles. The van der Waals surface area contributed by atoms with Crippen LogP contribution in [0, 0.1) is 0 Å². The van der Waals surface area contributed by atoms with Gasteiger partial charge in [-0.1, -0.05) is 36.4 Å². The zero-order chi connectivity index (χ0) is 17.8. The minimum absolute atomic E-state index is 0.0604. The van der Waals surface area contributed by atoms with Crippen LogP contribution >= 0.6 is 0 Å². The van der Waals surface area contributed by atoms with Crippen LogP contribution in [0.2, 0.25) is 0 Å². The van der Waals surface area contributed by atoms with Crippen molar-refractivity contribution >= 4 is 35.0 Å². The third-order valence-electron chi connectivity index (χ3n) is 3.94. The SMILES string of the molecule is Cn1c(/C=C(\NC(=O)c2ccccc2)C(=O)C=O)cc2ccccc21. The quantitative estimate of drug-likeness (QED) is 0.444. The van der Waals surface area contributed by atoms with E-state index in [4.69, 9.17) is 0 Å². The van der Waals surface area contributed by atoms with E-state index >= 15 is 0 Å². The number of carbonyl (C=O) groups is 3. The zero-order valence-electron chi connectivity index (χ0n) is 13.6. The third kappa shape index (κ3) is 3.40. The van der Waals surface area contributed by atoms with Crippen molar-refractivity contribution in [2.75, 3.05) is 0 Å². The maximum atomic E-state index is 12.3. The number of aldehydes is 1. The largest absolute Gasteiger partial charge is 0.344 e. The first-order chi connectivity index (χ1) is 12.1. The van der Waals surface area contributed by atoms with E-state index in [9.17, 15) is 14.4 Å². The van der Waals surface area contributed by atoms with Crippen LogP contribution in [0.4, 0.5) is 0 Å². The van der Waals surface area contributed by atoms with Crippen molar-refractivity contribution in [3.05, 3.63) is 77.6 Å². The fraction of sp³-hybridized carbons (Fsp3) is 0.0500. The van der Waals surface area contributed by atoms with E-state index in [1.54, 1.807) is 30.3 Å². The predicted molar refractivity (Wildman–Crippen MR) is 95.9 cm³/mol. The summed E-state index contributed by atoms with van der Waals surface area (Å²) in [5, 5.41) is 3.54. The Bertz CT molecular complexity index is 985. The summed E-state index contributed by atoms with van der Waals surface area (Å²) < 4.78 is 1.89. The average molecular weight is 332 g/mol. The first-order valence-corrected chi connectivity index (χ1v) is 7.72. The van der Waals surface area contributed by atoms with Gasteiger partial charge in [0.05, 0.1) is 5.70 Å². The van der Waals surface area contributed by atoms with E-state index in [1.165, 1.54) is 6.08 Å². The van der Waals surface area contributed by atoms with Gasteiger partial charge in [-0.25, -0.2) is 0 Å². The molecule has 0 fully saturated rings. The molecule has 0 saturated carbocycles. The average Bonchev–Trinajstić information content (AvgIpc) is 2.97. The molecule has 0 aliphatic carbocycles. The van der Waals surface area contributed by atoms with E-state index in [1.807, 2.05) is 41.9 Å². The van der Waals surface area contributed by atoms with Crippen LogP contribution in [-0.2, 0) is 16.6 Å². The molecule has 5 heteroatoms. The van der Waals surface area contributed by atoms with E-state index < -0.39 is 11.7 Å². The number of para-hydroxylation sites is 1. The molecule has 5 nitrogen and oxygen atoms in total. The summed E-state index contributed by atoms with van der Waals surface area (Å²) >= 11 is 0. The summed E-state index contributed by atoms with van der Waals surface area (Å²) in [6.07, 6.45) is 1.71. The molecule has 0 bridgehead atoms. The minimum atomic E-state index is -0.783. The van der Waals surface area contributed by atoms with Crippen LogP contribution in [0.3, 0.4) is 0 Å². The number of rotatable bonds is 5. The maximum absolute atomic E-state index is 12.3. The predicted octanol–water partition coefficient (Wildman–Crippen LogP) is 2.72. The number of allylic oxidation sites excluding steroid dienone is 1. The van der Waals surface area contributed by atoms with Gasteiger partial charge in [0.1, 0.15) is 0 Å². The normalized spacial score (nSPS) is 11.3. The van der Waals surface area contributed by atoms with E-state index in [-0.39, 0.29) is 12.0 Å². The second kappa shape index (κ2) is 6.97. The molecule has 2 aromatic carbocycles. The van der Waals surface area contributed by atoms with Gasteiger partial charge in [0.15, 0.2) is 6.29 Å². The lowest BCUT2D eigenvalue weighted by Crippen LogP contribution is -2.28. The van der Waals surface area contributed by atoms with Crippen molar-refractivity contribution < 1.29 is 14.4 Å². The lowest BCUT2D eigenvalue weighted by molar-refractivity contribution is -0.127. The molecule has 0 spiro atoms. The zero-order valence-corrected chi connectivity index (χ0v) is 13.6. The molecule has 1 N–H and O–H groups in total. The fourth-order valence-corrected chi connectivity index (χ4v) is 2.61. The first-order valence-electron chi connectivity index (χ1n) is 7.72. The number of benzene rings is 2. The molecule has 0 unspecified atom stereocenters. The van der Waals surface area contributed by atoms with Gasteiger partial charge < -0.3 is 9.88 Å². The molecule has 1 aromatic heterocycles. The summed E-state index contributed by atoms with van der Waals surface area (Å²) in [6, 6.07) is 18.2. The minimum Gasteiger partial charge on any atom is -0.344 e. The van der Waals surface area contributed by atoms with Gasteiger partial charge in [-0.3, -0.25) is 14.4 Å². The molecule has 0 aliphatic heterocycles. The van der Waals surface area contributed by atoms with Gasteiger partial charge in [0, 0.05) is 29.2 Å². The Hall–Kier alpha value is -3.47. The van der Waals surface area contributed by atoms with Crippen LogP contribution < -0.4 is 5.32 Å². The lowest BCUT2D eigenvalue weighted by Gasteiger charge is -2.07. The van der Waals surface area contributed by atoms with Crippen LogP contribution in [0.1, 0.15) is 16.1 Å². The van der Waals surface area contributed by atoms with E-state index in [0.29, 0.717) is 11.3 Å². The van der Waals surface area contributed by atoms with Gasteiger partial charge in [-0.05, 0) is 30.3 Å². The number of amides is 1. The first kappa shape index (κ1) is 16.4. The molecule has 1 heterocycles. The standard InChI is InChI=1S/C20H16N2O3/c1-22-16(11-15-9-5-6-10-18(15)22)12-17(19(24)13-23)21-20(25)14-7-3-2-4-8-14/h2-13H,1H3,(H,21,25)/b17-12-. The number of fused-ring (bicyclic) bond motifs is 1. The van der Waals surface area contributed by atoms with Crippen LogP contribution in [0.5, 0.6) is 0 Å². The van der Waals surface area contributed by atoms with Gasteiger partial charge in [-0.15, -0.1) is 0 Å². The third-order valence-corrected chi connectivity index (χ3v) is 3.94. The fourth-order valence-electron chi connectivity index (χ4n) is 2.61. The van der Waals surface area contributed by atoms with Crippen molar-refractivity contribution in [2.45, 2.75) is 0 Å². The van der Waals surface area contributed by atoms with Crippen molar-refractivity contribution in [3.63, 3.8) is 0 Å². The highest BCUT2D eigenvalue weighted by Gasteiger charge is 2.15. The molecular formula is C20H16N2O3. The summed E-state index contributed by atoms with van der Waals surface area (Å²) in [6.45, 7) is 0. The number of aromatic nitrogens is 1. The number of ketones is 1. The summed E-state index contributed by atoms with van der Waals surface area (Å²) in [5.41, 5.74) is 2.04. The Kier molecular flexibility index (Phi) is 4.57. The topological polar surface area (TPSA) is 68.2 Å². The Balaban J connectivity index is 1.99. The molecule has 124 valence electrons. The summed E-state index contributed by atoms with van der Waals surface area (Å²) in [5.74, 6) is -1.23. The highest BCUT2D eigenvalue weighted by Crippen LogP contribution is 2.20. The molecule has 3 rings (SSSR count). The van der Waals surface area contributed by atoms with Gasteiger partial charge in [0.25, 0.3) is 5.91 Å². The lowest BCUT2D eigenvalue weighted by atomic mass is 10.2. The molecule has 0 radical (unpaired) electrons. The van der Waals surface area contributed by atoms with Crippen LogP contribution in [0.15, 0.2) is 66.4 Å². The smallest absolute Gasteiger partial charge is 0.255 e. The van der Waals surface area contributed by atoms with Crippen molar-refractivity contribution in [1.82, 2.24) is 9.88 Å². The molecule has 1 amide bonds. The number of aryl methyl sites for hydroxylation is 1. The Morgan fingerprint density at radius 2 is 1.68 bits per heavy atom. The number of nitrogens with one attached hydrogen (secondary N) is 1. The molecular weight excluding hydrogens is 316 g/mol. The van der Waals surface area contributed by atoms with Crippen molar-refractivity contribution in [2.24, 2.45) is 7.05 Å². The number of hydrogen-bond acceptors (Lipinski definition) is 3. The number of carbonyl (C=O) groups excluding carboxylic acids is 3. The summed E-state index contributed by atoms with van der Waals surface area (Å²) in [7, 11) is 1.86. The van der Waals surface area contributed by atoms with Crippen molar-refractivity contribution in [1.29, 1.82) is 0 Å². The second-order valence-electron chi connectivity index (χ2n) is 5.55. The highest BCUT2D eigenvalue weighted by molar-refractivity contribution is 6.34. The number of Topliss-reactive ketones (excluding diaryl/α,β-unsaturated/α-hetero) is 1. The second-order valence-corrected chi connectivity index (χ2v) is 5.55.